The molecule has 2 unspecified atom stereocenters. The van der Waals surface area contributed by atoms with Crippen molar-refractivity contribution in [3.8, 4) is 0 Å². The van der Waals surface area contributed by atoms with Crippen LogP contribution in [-0.2, 0) is 9.53 Å². The maximum absolute atomic E-state index is 10.8. The Morgan fingerprint density at radius 2 is 2.43 bits per heavy atom. The molecular weight excluding hydrogens is 182 g/mol. The van der Waals surface area contributed by atoms with Crippen LogP contribution < -0.4 is 0 Å². The van der Waals surface area contributed by atoms with E-state index in [2.05, 4.69) is 11.8 Å². The van der Waals surface area contributed by atoms with Crippen LogP contribution in [0.4, 0.5) is 0 Å². The van der Waals surface area contributed by atoms with Crippen LogP contribution in [0.3, 0.4) is 0 Å². The predicted octanol–water partition coefficient (Wildman–Crippen LogP) is 0.818. The summed E-state index contributed by atoms with van der Waals surface area (Å²) in [7, 11) is 1.68. The number of nitrogens with zero attached hydrogens (tertiary/aromatic N) is 1. The lowest BCUT2D eigenvalue weighted by Crippen LogP contribution is -2.45. The summed E-state index contributed by atoms with van der Waals surface area (Å²) in [4.78, 5) is 13.0. The van der Waals surface area contributed by atoms with Gasteiger partial charge in [0.1, 0.15) is 0 Å². The van der Waals surface area contributed by atoms with Gasteiger partial charge in [0.2, 0.25) is 0 Å². The number of carboxylic acid groups (broad SMARTS) is 1. The third-order valence-corrected chi connectivity index (χ3v) is 2.83. The zero-order valence-electron chi connectivity index (χ0n) is 8.90. The highest BCUT2D eigenvalue weighted by atomic mass is 16.5. The van der Waals surface area contributed by atoms with Gasteiger partial charge < -0.3 is 9.84 Å². The summed E-state index contributed by atoms with van der Waals surface area (Å²) in [5.74, 6) is -0.859. The fraction of sp³-hybridized carbons (Fsp3) is 0.900. The molecule has 0 aliphatic carbocycles. The van der Waals surface area contributed by atoms with Gasteiger partial charge in [0, 0.05) is 19.7 Å². The average molecular weight is 201 g/mol. The smallest absolute Gasteiger partial charge is 0.307 e. The molecule has 4 heteroatoms. The Morgan fingerprint density at radius 3 is 3.00 bits per heavy atom. The van der Waals surface area contributed by atoms with Crippen LogP contribution >= 0.6 is 0 Å². The summed E-state index contributed by atoms with van der Waals surface area (Å²) in [6.45, 7) is 4.41. The number of methoxy groups -OCH3 is 1. The van der Waals surface area contributed by atoms with Crippen molar-refractivity contribution in [2.24, 2.45) is 5.92 Å². The van der Waals surface area contributed by atoms with Gasteiger partial charge in [0.25, 0.3) is 0 Å². The molecule has 82 valence electrons. The van der Waals surface area contributed by atoms with Gasteiger partial charge in [0.15, 0.2) is 0 Å². The summed E-state index contributed by atoms with van der Waals surface area (Å²) in [6.07, 6.45) is 1.79. The number of rotatable bonds is 4. The number of aliphatic carboxylic acids is 1. The molecule has 4 nitrogen and oxygen atoms in total. The lowest BCUT2D eigenvalue weighted by Gasteiger charge is -2.34. The van der Waals surface area contributed by atoms with E-state index in [1.165, 1.54) is 0 Å². The maximum Gasteiger partial charge on any atom is 0.307 e. The van der Waals surface area contributed by atoms with Crippen molar-refractivity contribution in [1.29, 1.82) is 0 Å². The molecule has 1 fully saturated rings. The maximum atomic E-state index is 10.8. The summed E-state index contributed by atoms with van der Waals surface area (Å²) in [6, 6.07) is 0.321. The minimum Gasteiger partial charge on any atom is -0.481 e. The second-order valence-corrected chi connectivity index (χ2v) is 3.98. The molecule has 1 aliphatic rings. The summed E-state index contributed by atoms with van der Waals surface area (Å²) < 4.78 is 5.06. The second-order valence-electron chi connectivity index (χ2n) is 3.98. The molecule has 0 bridgehead atoms. The van der Waals surface area contributed by atoms with Crippen molar-refractivity contribution in [3.05, 3.63) is 0 Å². The first-order valence-corrected chi connectivity index (χ1v) is 5.11. The highest BCUT2D eigenvalue weighted by Crippen LogP contribution is 2.18. The molecule has 1 aliphatic heterocycles. The topological polar surface area (TPSA) is 49.8 Å². The molecule has 0 aromatic heterocycles. The second kappa shape index (κ2) is 5.32. The predicted molar refractivity (Wildman–Crippen MR) is 53.3 cm³/mol. The van der Waals surface area contributed by atoms with Crippen LogP contribution in [0.25, 0.3) is 0 Å². The number of hydrogen-bond acceptors (Lipinski definition) is 3. The molecule has 1 rings (SSSR count). The van der Waals surface area contributed by atoms with Gasteiger partial charge in [0.05, 0.1) is 12.5 Å². The molecule has 0 aromatic rings. The number of likely N-dealkylation sites (tertiary alicyclic amines) is 1. The van der Waals surface area contributed by atoms with E-state index in [-0.39, 0.29) is 5.92 Å². The first-order chi connectivity index (χ1) is 6.65. The Morgan fingerprint density at radius 1 is 1.71 bits per heavy atom. The van der Waals surface area contributed by atoms with Crippen LogP contribution in [0.2, 0.25) is 0 Å². The van der Waals surface area contributed by atoms with Crippen LogP contribution in [-0.4, -0.2) is 48.8 Å². The molecule has 0 aromatic carbocycles. The van der Waals surface area contributed by atoms with E-state index in [0.29, 0.717) is 19.2 Å². The van der Waals surface area contributed by atoms with Crippen LogP contribution in [0.1, 0.15) is 19.8 Å². The van der Waals surface area contributed by atoms with Gasteiger partial charge >= 0.3 is 5.97 Å². The first kappa shape index (κ1) is 11.5. The van der Waals surface area contributed by atoms with Gasteiger partial charge in [-0.05, 0) is 26.3 Å². The van der Waals surface area contributed by atoms with Crippen molar-refractivity contribution in [3.63, 3.8) is 0 Å². The van der Waals surface area contributed by atoms with Gasteiger partial charge in [-0.25, -0.2) is 0 Å². The number of ether oxygens (including phenoxy) is 1. The Labute approximate surface area is 84.8 Å². The van der Waals surface area contributed by atoms with Gasteiger partial charge in [-0.3, -0.25) is 9.69 Å². The molecule has 14 heavy (non-hydrogen) atoms. The summed E-state index contributed by atoms with van der Waals surface area (Å²) in [5.41, 5.74) is 0. The molecule has 0 amide bonds. The molecule has 0 radical (unpaired) electrons. The van der Waals surface area contributed by atoms with Crippen LogP contribution in [0, 0.1) is 5.92 Å². The molecule has 0 spiro atoms. The zero-order valence-corrected chi connectivity index (χ0v) is 8.90. The normalized spacial score (nSPS) is 26.0. The number of carbonyl (C=O) groups is 1. The SMILES string of the molecule is COCC(C)N1CCCC(C(=O)O)C1. The van der Waals surface area contributed by atoms with Crippen LogP contribution in [0.15, 0.2) is 0 Å². The molecule has 1 heterocycles. The van der Waals surface area contributed by atoms with Crippen molar-refractivity contribution in [2.75, 3.05) is 26.8 Å². The van der Waals surface area contributed by atoms with Crippen molar-refractivity contribution < 1.29 is 14.6 Å². The third kappa shape index (κ3) is 2.96. The van der Waals surface area contributed by atoms with Crippen LogP contribution in [0.5, 0.6) is 0 Å². The quantitative estimate of drug-likeness (QED) is 0.731. The molecular formula is C10H19NO3. The Kier molecular flexibility index (Phi) is 4.35. The monoisotopic (exact) mass is 201 g/mol. The minimum atomic E-state index is -0.667. The van der Waals surface area contributed by atoms with Gasteiger partial charge in [-0.1, -0.05) is 0 Å². The fourth-order valence-corrected chi connectivity index (χ4v) is 1.95. The lowest BCUT2D eigenvalue weighted by molar-refractivity contribution is -0.144. The van der Waals surface area contributed by atoms with E-state index in [1.807, 2.05) is 0 Å². The minimum absolute atomic E-state index is 0.192. The Balaban J connectivity index is 2.43. The van der Waals surface area contributed by atoms with Gasteiger partial charge in [-0.15, -0.1) is 0 Å². The largest absolute Gasteiger partial charge is 0.481 e. The van der Waals surface area contributed by atoms with Crippen molar-refractivity contribution in [2.45, 2.75) is 25.8 Å². The zero-order chi connectivity index (χ0) is 10.6. The molecule has 1 N–H and O–H groups in total. The number of piperidine rings is 1. The third-order valence-electron chi connectivity index (χ3n) is 2.83. The lowest BCUT2D eigenvalue weighted by atomic mass is 9.97. The van der Waals surface area contributed by atoms with E-state index >= 15 is 0 Å². The standard InChI is InChI=1S/C10H19NO3/c1-8(7-14-2)11-5-3-4-9(6-11)10(12)13/h8-9H,3-7H2,1-2H3,(H,12,13). The Hall–Kier alpha value is -0.610. The van der Waals surface area contributed by atoms with E-state index in [9.17, 15) is 4.79 Å². The van der Waals surface area contributed by atoms with E-state index < -0.39 is 5.97 Å². The van der Waals surface area contributed by atoms with E-state index in [1.54, 1.807) is 7.11 Å². The molecule has 1 saturated heterocycles. The van der Waals surface area contributed by atoms with Crippen molar-refractivity contribution in [1.82, 2.24) is 4.90 Å². The summed E-state index contributed by atoms with van der Waals surface area (Å²) in [5, 5.41) is 8.91. The number of hydrogen-bond donors (Lipinski definition) is 1. The number of carboxylic acids is 1. The fourth-order valence-electron chi connectivity index (χ4n) is 1.95. The first-order valence-electron chi connectivity index (χ1n) is 5.11. The van der Waals surface area contributed by atoms with Gasteiger partial charge in [-0.2, -0.15) is 0 Å². The highest BCUT2D eigenvalue weighted by Gasteiger charge is 2.27. The average Bonchev–Trinajstić information content (AvgIpc) is 2.18. The molecule has 0 saturated carbocycles. The summed E-state index contributed by atoms with van der Waals surface area (Å²) >= 11 is 0. The molecule has 2 atom stereocenters. The Bertz CT molecular complexity index is 196. The van der Waals surface area contributed by atoms with E-state index in [0.717, 1.165) is 19.4 Å². The van der Waals surface area contributed by atoms with E-state index in [4.69, 9.17) is 9.84 Å². The van der Waals surface area contributed by atoms with Crippen molar-refractivity contribution >= 4 is 5.97 Å². The highest BCUT2D eigenvalue weighted by molar-refractivity contribution is 5.70.